The molecule has 0 unspecified atom stereocenters. The van der Waals surface area contributed by atoms with E-state index in [-0.39, 0.29) is 5.90 Å². The molecule has 0 radical (unpaired) electrons. The Morgan fingerprint density at radius 3 is 2.00 bits per heavy atom. The monoisotopic (exact) mass is 657 g/mol. The van der Waals surface area contributed by atoms with Gasteiger partial charge in [0.05, 0.1) is 0 Å². The minimum absolute atomic E-state index is 0.248. The summed E-state index contributed by atoms with van der Waals surface area (Å²) < 4.78 is 22.5. The predicted molar refractivity (Wildman–Crippen MR) is 150 cm³/mol. The zero-order valence-electron chi connectivity index (χ0n) is 19.5. The van der Waals surface area contributed by atoms with Crippen molar-refractivity contribution < 1.29 is 10.7 Å². The van der Waals surface area contributed by atoms with Crippen LogP contribution in [-0.2, 0) is 3.07 Å². The van der Waals surface area contributed by atoms with Crippen molar-refractivity contribution >= 4 is 54.4 Å². The quantitative estimate of drug-likeness (QED) is 0.238. The van der Waals surface area contributed by atoms with E-state index in [4.69, 9.17) is 10.7 Å². The van der Waals surface area contributed by atoms with E-state index in [9.17, 15) is 0 Å². The first-order valence-corrected chi connectivity index (χ1v) is 17.6. The molecule has 0 saturated carbocycles. The SMILES string of the molecule is Brc1ccc2c(c1)/C=N\N=C(\c1cc(-c3ccccc3)on1)[O][Sn]([c]1ccccc1)([c]1ccccc1)[O]2. The zero-order valence-corrected chi connectivity index (χ0v) is 23.9. The molecule has 5 aromatic rings. The molecule has 180 valence electrons. The van der Waals surface area contributed by atoms with Gasteiger partial charge in [0.15, 0.2) is 0 Å². The van der Waals surface area contributed by atoms with E-state index >= 15 is 0 Å². The summed E-state index contributed by atoms with van der Waals surface area (Å²) >= 11 is -0.930. The van der Waals surface area contributed by atoms with Gasteiger partial charge in [-0.1, -0.05) is 0 Å². The molecular weight excluding hydrogens is 637 g/mol. The van der Waals surface area contributed by atoms with Gasteiger partial charge in [-0.2, -0.15) is 0 Å². The molecule has 0 amide bonds. The fraction of sp³-hybridized carbons (Fsp3) is 0. The van der Waals surface area contributed by atoms with E-state index in [1.165, 1.54) is 0 Å². The molecule has 0 aliphatic carbocycles. The third kappa shape index (κ3) is 4.84. The average molecular weight is 657 g/mol. The van der Waals surface area contributed by atoms with Crippen LogP contribution in [0, 0.1) is 0 Å². The molecule has 2 heterocycles. The standard InChI is InChI=1S/C17H12BrN3O3.2C6H5.Sn/c18-13-6-7-15(22)12(8-13)10-19-20-17(23)14-9-16(24-21-14)11-4-2-1-3-5-11;2*1-2-4-6-5-3-1;/h1-10,22H,(H,20,23);2*1-5H;/q;;;+2/p-2/b19-10-;;;. The van der Waals surface area contributed by atoms with Crippen molar-refractivity contribution in [2.24, 2.45) is 10.2 Å². The molecule has 1 aliphatic heterocycles. The van der Waals surface area contributed by atoms with Gasteiger partial charge >= 0.3 is 229 Å². The van der Waals surface area contributed by atoms with Crippen LogP contribution < -0.4 is 10.2 Å². The molecule has 1 aromatic heterocycles. The molecule has 6 rings (SSSR count). The summed E-state index contributed by atoms with van der Waals surface area (Å²) in [6.07, 6.45) is 1.67. The van der Waals surface area contributed by atoms with Crippen molar-refractivity contribution in [2.75, 3.05) is 0 Å². The van der Waals surface area contributed by atoms with Crippen LogP contribution >= 0.6 is 15.9 Å². The summed E-state index contributed by atoms with van der Waals surface area (Å²) in [5, 5.41) is 13.2. The van der Waals surface area contributed by atoms with Crippen LogP contribution in [0.15, 0.2) is 134 Å². The molecule has 0 atom stereocenters. The number of rotatable bonds is 4. The molecule has 0 bridgehead atoms. The van der Waals surface area contributed by atoms with Crippen LogP contribution in [0.5, 0.6) is 5.75 Å². The zero-order chi connectivity index (χ0) is 25.1. The van der Waals surface area contributed by atoms with Crippen molar-refractivity contribution in [2.45, 2.75) is 0 Å². The van der Waals surface area contributed by atoms with Crippen molar-refractivity contribution in [3.8, 4) is 17.1 Å². The maximum atomic E-state index is 7.01. The second kappa shape index (κ2) is 10.4. The first-order chi connectivity index (χ1) is 18.2. The summed E-state index contributed by atoms with van der Waals surface area (Å²) in [5.41, 5.74) is 2.14. The Bertz CT molecular complexity index is 1550. The molecular formula is C29H20BrN3O3Sn. The Morgan fingerprint density at radius 1 is 0.676 bits per heavy atom. The third-order valence-corrected chi connectivity index (χ3v) is 15.5. The van der Waals surface area contributed by atoms with Gasteiger partial charge in [-0.25, -0.2) is 0 Å². The molecule has 0 saturated heterocycles. The fourth-order valence-corrected chi connectivity index (χ4v) is 13.1. The average Bonchev–Trinajstić information content (AvgIpc) is 3.47. The first kappa shape index (κ1) is 23.7. The van der Waals surface area contributed by atoms with Crippen LogP contribution in [0.2, 0.25) is 0 Å². The summed E-state index contributed by atoms with van der Waals surface area (Å²) in [5.74, 6) is 1.54. The Balaban J connectivity index is 1.56. The van der Waals surface area contributed by atoms with Crippen LogP contribution in [0.25, 0.3) is 11.3 Å². The van der Waals surface area contributed by atoms with Crippen molar-refractivity contribution in [1.82, 2.24) is 5.16 Å². The molecule has 0 spiro atoms. The third-order valence-electron chi connectivity index (χ3n) is 5.91. The molecule has 37 heavy (non-hydrogen) atoms. The molecule has 6 nitrogen and oxygen atoms in total. The molecule has 0 N–H and O–H groups in total. The van der Waals surface area contributed by atoms with Gasteiger partial charge in [0.25, 0.3) is 0 Å². The van der Waals surface area contributed by atoms with Gasteiger partial charge in [0.1, 0.15) is 0 Å². The molecule has 1 aliphatic rings. The first-order valence-electron chi connectivity index (χ1n) is 11.6. The van der Waals surface area contributed by atoms with Gasteiger partial charge < -0.3 is 0 Å². The summed E-state index contributed by atoms with van der Waals surface area (Å²) in [6, 6.07) is 37.6. The summed E-state index contributed by atoms with van der Waals surface area (Å²) in [7, 11) is 0. The number of hydrogen-bond acceptors (Lipinski definition) is 6. The Morgan fingerprint density at radius 2 is 1.32 bits per heavy atom. The van der Waals surface area contributed by atoms with Crippen LogP contribution in [-0.4, -0.2) is 36.5 Å². The number of nitrogens with zero attached hydrogens (tertiary/aromatic N) is 3. The van der Waals surface area contributed by atoms with E-state index in [1.54, 1.807) is 6.21 Å². The summed E-state index contributed by atoms with van der Waals surface area (Å²) in [4.78, 5) is 0. The minimum atomic E-state index is -4.49. The van der Waals surface area contributed by atoms with Crippen molar-refractivity contribution in [1.29, 1.82) is 0 Å². The fourth-order valence-electron chi connectivity index (χ4n) is 4.12. The number of hydrogen-bond donors (Lipinski definition) is 0. The van der Waals surface area contributed by atoms with E-state index in [1.807, 2.05) is 91.0 Å². The predicted octanol–water partition coefficient (Wildman–Crippen LogP) is 5.55. The topological polar surface area (TPSA) is 69.2 Å². The maximum absolute atomic E-state index is 7.01. The Labute approximate surface area is 227 Å². The molecule has 8 heteroatoms. The number of aromatic nitrogens is 1. The van der Waals surface area contributed by atoms with Crippen LogP contribution in [0.3, 0.4) is 0 Å². The normalized spacial score (nSPS) is 16.5. The van der Waals surface area contributed by atoms with Crippen molar-refractivity contribution in [3.05, 3.63) is 131 Å². The molecule has 0 fully saturated rings. The van der Waals surface area contributed by atoms with Crippen LogP contribution in [0.4, 0.5) is 0 Å². The van der Waals surface area contributed by atoms with E-state index in [2.05, 4.69) is 55.6 Å². The number of benzene rings is 4. The van der Waals surface area contributed by atoms with E-state index in [0.717, 1.165) is 22.8 Å². The van der Waals surface area contributed by atoms with E-state index in [0.29, 0.717) is 17.2 Å². The van der Waals surface area contributed by atoms with Crippen LogP contribution in [0.1, 0.15) is 11.3 Å². The number of fused-ring (bicyclic) bond motifs is 1. The second-order valence-corrected chi connectivity index (χ2v) is 17.2. The van der Waals surface area contributed by atoms with Gasteiger partial charge in [-0.05, 0) is 0 Å². The van der Waals surface area contributed by atoms with Gasteiger partial charge in [0.2, 0.25) is 0 Å². The Hall–Kier alpha value is -3.69. The Kier molecular flexibility index (Phi) is 6.63. The van der Waals surface area contributed by atoms with E-state index < -0.39 is 19.2 Å². The number of halogens is 1. The second-order valence-electron chi connectivity index (χ2n) is 8.33. The molecule has 4 aromatic carbocycles. The van der Waals surface area contributed by atoms with Gasteiger partial charge in [-0.15, -0.1) is 0 Å². The van der Waals surface area contributed by atoms with Crippen molar-refractivity contribution in [3.63, 3.8) is 0 Å². The van der Waals surface area contributed by atoms with Gasteiger partial charge in [-0.3, -0.25) is 0 Å². The van der Waals surface area contributed by atoms with Gasteiger partial charge in [0, 0.05) is 0 Å². The summed E-state index contributed by atoms with van der Waals surface area (Å²) in [6.45, 7) is 0.